The van der Waals surface area contributed by atoms with Crippen molar-refractivity contribution in [3.63, 3.8) is 0 Å². The molecule has 0 saturated heterocycles. The largest absolute Gasteiger partial charge is 0.494 e. The summed E-state index contributed by atoms with van der Waals surface area (Å²) in [6.07, 6.45) is 6.36. The van der Waals surface area contributed by atoms with Gasteiger partial charge in [-0.2, -0.15) is 0 Å². The molecule has 0 N–H and O–H groups in total. The van der Waals surface area contributed by atoms with Gasteiger partial charge in [0, 0.05) is 29.3 Å². The molecule has 2 aliphatic carbocycles. The number of para-hydroxylation sites is 1. The molecule has 3 aliphatic rings. The Morgan fingerprint density at radius 2 is 1.81 bits per heavy atom. The van der Waals surface area contributed by atoms with E-state index in [1.165, 1.54) is 6.42 Å². The van der Waals surface area contributed by atoms with Crippen LogP contribution in [0.5, 0.6) is 5.75 Å². The van der Waals surface area contributed by atoms with Crippen molar-refractivity contribution in [2.24, 2.45) is 16.3 Å². The van der Waals surface area contributed by atoms with Crippen molar-refractivity contribution in [2.75, 3.05) is 6.61 Å². The number of hydrogen-bond donors (Lipinski definition) is 0. The molecule has 0 radical (unpaired) electrons. The monoisotopic (exact) mass is 437 g/mol. The fraction of sp³-hybridized carbons (Fsp3) is 0.593. The smallest absolute Gasteiger partial charge is 0.336 e. The zero-order valence-electron chi connectivity index (χ0n) is 19.8. The van der Waals surface area contributed by atoms with Crippen LogP contribution >= 0.6 is 0 Å². The van der Waals surface area contributed by atoms with Gasteiger partial charge in [0.05, 0.1) is 18.1 Å². The van der Waals surface area contributed by atoms with Gasteiger partial charge in [-0.3, -0.25) is 9.79 Å². The lowest BCUT2D eigenvalue weighted by Crippen LogP contribution is -2.44. The number of Topliss-reactive ketones (excluding diaryl/α,β-unsaturated/α-hetero) is 1. The first-order valence-corrected chi connectivity index (χ1v) is 12.0. The maximum Gasteiger partial charge on any atom is 0.336 e. The molecule has 172 valence electrons. The van der Waals surface area contributed by atoms with Crippen molar-refractivity contribution in [3.8, 4) is 5.75 Å². The molecule has 0 bridgehead atoms. The van der Waals surface area contributed by atoms with Gasteiger partial charge in [-0.25, -0.2) is 4.79 Å². The average molecular weight is 438 g/mol. The molecule has 0 amide bonds. The van der Waals surface area contributed by atoms with Crippen LogP contribution < -0.4 is 4.74 Å². The third kappa shape index (κ3) is 4.53. The lowest BCUT2D eigenvalue weighted by atomic mass is 9.63. The maximum atomic E-state index is 13.5. The summed E-state index contributed by atoms with van der Waals surface area (Å²) in [5, 5.41) is 0. The molecule has 1 heterocycles. The number of rotatable bonds is 5. The second-order valence-corrected chi connectivity index (χ2v) is 10.2. The highest BCUT2D eigenvalue weighted by Crippen LogP contribution is 2.49. The summed E-state index contributed by atoms with van der Waals surface area (Å²) in [7, 11) is 0. The molecule has 2 fully saturated rings. The van der Waals surface area contributed by atoms with Crippen LogP contribution in [0.25, 0.3) is 0 Å². The van der Waals surface area contributed by atoms with Crippen LogP contribution in [-0.4, -0.2) is 30.2 Å². The van der Waals surface area contributed by atoms with E-state index in [2.05, 4.69) is 13.8 Å². The number of allylic oxidation sites excluding steroid dienone is 1. The van der Waals surface area contributed by atoms with Gasteiger partial charge in [0.25, 0.3) is 0 Å². The maximum absolute atomic E-state index is 13.5. The van der Waals surface area contributed by atoms with Gasteiger partial charge in [-0.15, -0.1) is 0 Å². The van der Waals surface area contributed by atoms with E-state index in [-0.39, 0.29) is 23.3 Å². The summed E-state index contributed by atoms with van der Waals surface area (Å²) in [5.41, 5.74) is 2.81. The number of ether oxygens (including phenoxy) is 2. The number of hydrogen-bond acceptors (Lipinski definition) is 5. The predicted molar refractivity (Wildman–Crippen MR) is 125 cm³/mol. The number of ketones is 1. The van der Waals surface area contributed by atoms with Crippen molar-refractivity contribution in [2.45, 2.75) is 84.7 Å². The van der Waals surface area contributed by atoms with Gasteiger partial charge in [-0.1, -0.05) is 38.5 Å². The van der Waals surface area contributed by atoms with Crippen LogP contribution in [0.3, 0.4) is 0 Å². The molecule has 4 rings (SSSR count). The number of carbonyl (C=O) groups is 2. The first kappa shape index (κ1) is 22.8. The Balaban J connectivity index is 1.79. The molecule has 0 spiro atoms. The summed E-state index contributed by atoms with van der Waals surface area (Å²) in [6, 6.07) is 7.77. The number of benzene rings is 1. The third-order valence-corrected chi connectivity index (χ3v) is 6.96. The van der Waals surface area contributed by atoms with Gasteiger partial charge >= 0.3 is 5.97 Å². The van der Waals surface area contributed by atoms with Crippen LogP contribution in [-0.2, 0) is 14.3 Å². The van der Waals surface area contributed by atoms with Crippen LogP contribution in [0.15, 0.2) is 40.5 Å². The van der Waals surface area contributed by atoms with Crippen molar-refractivity contribution in [1.82, 2.24) is 0 Å². The molecule has 0 aromatic heterocycles. The highest BCUT2D eigenvalue weighted by molar-refractivity contribution is 6.12. The minimum atomic E-state index is -0.442. The van der Waals surface area contributed by atoms with E-state index in [1.54, 1.807) is 0 Å². The molecule has 5 nitrogen and oxygen atoms in total. The van der Waals surface area contributed by atoms with E-state index < -0.39 is 11.8 Å². The number of fused-ring (bicyclic) bond motifs is 1. The molecule has 1 unspecified atom stereocenters. The molecule has 5 heteroatoms. The second-order valence-electron chi connectivity index (χ2n) is 10.2. The normalized spacial score (nSPS) is 25.8. The average Bonchev–Trinajstić information content (AvgIpc) is 2.73. The lowest BCUT2D eigenvalue weighted by molar-refractivity contribution is -0.146. The van der Waals surface area contributed by atoms with Crippen molar-refractivity contribution in [3.05, 3.63) is 41.1 Å². The Morgan fingerprint density at radius 3 is 2.53 bits per heavy atom. The summed E-state index contributed by atoms with van der Waals surface area (Å²) < 4.78 is 11.9. The molecular weight excluding hydrogens is 402 g/mol. The fourth-order valence-electron chi connectivity index (χ4n) is 5.62. The number of nitrogens with zero attached hydrogens (tertiary/aromatic N) is 1. The van der Waals surface area contributed by atoms with Crippen LogP contribution in [0.4, 0.5) is 0 Å². The van der Waals surface area contributed by atoms with E-state index in [9.17, 15) is 9.59 Å². The molecule has 2 atom stereocenters. The third-order valence-electron chi connectivity index (χ3n) is 6.96. The van der Waals surface area contributed by atoms with Gasteiger partial charge in [0.1, 0.15) is 17.6 Å². The standard InChI is InChI=1S/C27H35NO4/c1-5-31-22-14-10-9-13-19(22)24-23(26(30)32-18-11-7-6-8-12-18)17(2)28-20-15-27(3,4)16-21(29)25(20)24/h9-10,13-14,18,24-25H,5-8,11-12,15-16H2,1-4H3/t24-,25?/m0/s1. The molecule has 1 aromatic carbocycles. The number of esters is 1. The van der Waals surface area contributed by atoms with Gasteiger partial charge in [0.15, 0.2) is 0 Å². The van der Waals surface area contributed by atoms with E-state index in [4.69, 9.17) is 14.5 Å². The summed E-state index contributed by atoms with van der Waals surface area (Å²) in [5.74, 6) is -0.334. The summed E-state index contributed by atoms with van der Waals surface area (Å²) in [4.78, 5) is 31.8. The van der Waals surface area contributed by atoms with Gasteiger partial charge < -0.3 is 9.47 Å². The quantitative estimate of drug-likeness (QED) is 0.548. The second kappa shape index (κ2) is 9.21. The molecular formula is C27H35NO4. The van der Waals surface area contributed by atoms with Gasteiger partial charge in [0.2, 0.25) is 0 Å². The Hall–Kier alpha value is -2.43. The molecule has 32 heavy (non-hydrogen) atoms. The van der Waals surface area contributed by atoms with Crippen LogP contribution in [0.1, 0.15) is 84.1 Å². The van der Waals surface area contributed by atoms with E-state index >= 15 is 0 Å². The topological polar surface area (TPSA) is 65.0 Å². The predicted octanol–water partition coefficient (Wildman–Crippen LogP) is 5.78. The van der Waals surface area contributed by atoms with E-state index in [0.717, 1.165) is 49.1 Å². The van der Waals surface area contributed by atoms with Crippen molar-refractivity contribution >= 4 is 17.5 Å². The summed E-state index contributed by atoms with van der Waals surface area (Å²) >= 11 is 0. The first-order chi connectivity index (χ1) is 15.3. The Bertz CT molecular complexity index is 952. The Kier molecular flexibility index (Phi) is 6.55. The first-order valence-electron chi connectivity index (χ1n) is 12.0. The highest BCUT2D eigenvalue weighted by Gasteiger charge is 2.48. The SMILES string of the molecule is CCOc1ccccc1[C@H]1C(C(=O)OC2CCCCC2)=C(C)N=C2CC(C)(C)CC(=O)C21. The zero-order chi connectivity index (χ0) is 22.9. The zero-order valence-corrected chi connectivity index (χ0v) is 19.8. The molecule has 2 saturated carbocycles. The van der Waals surface area contributed by atoms with E-state index in [0.29, 0.717) is 24.3 Å². The number of aliphatic imine (C=N–C) groups is 1. The van der Waals surface area contributed by atoms with E-state index in [1.807, 2.05) is 38.1 Å². The van der Waals surface area contributed by atoms with Crippen molar-refractivity contribution < 1.29 is 19.1 Å². The van der Waals surface area contributed by atoms with Crippen LogP contribution in [0, 0.1) is 11.3 Å². The van der Waals surface area contributed by atoms with Crippen molar-refractivity contribution in [1.29, 1.82) is 0 Å². The molecule has 1 aromatic rings. The minimum absolute atomic E-state index is 0.0503. The number of carbonyl (C=O) groups excluding carboxylic acids is 2. The van der Waals surface area contributed by atoms with Crippen LogP contribution in [0.2, 0.25) is 0 Å². The Morgan fingerprint density at radius 1 is 1.09 bits per heavy atom. The van der Waals surface area contributed by atoms with Gasteiger partial charge in [-0.05, 0) is 57.4 Å². The Labute approximate surface area is 191 Å². The fourth-order valence-corrected chi connectivity index (χ4v) is 5.62. The lowest BCUT2D eigenvalue weighted by Gasteiger charge is -2.41. The minimum Gasteiger partial charge on any atom is -0.494 e. The highest BCUT2D eigenvalue weighted by atomic mass is 16.5. The molecule has 1 aliphatic heterocycles. The summed E-state index contributed by atoms with van der Waals surface area (Å²) in [6.45, 7) is 8.56.